The molecule has 0 amide bonds. The van der Waals surface area contributed by atoms with Crippen molar-refractivity contribution in [3.05, 3.63) is 23.5 Å². The maximum atomic E-state index is 12.5. The molecule has 2 bridgehead atoms. The van der Waals surface area contributed by atoms with E-state index in [2.05, 4.69) is 6.08 Å². The number of carbonyl (C=O) groups excluding carboxylic acids is 1. The summed E-state index contributed by atoms with van der Waals surface area (Å²) in [5.41, 5.74) is 0.977. The van der Waals surface area contributed by atoms with Gasteiger partial charge in [0.05, 0.1) is 6.10 Å². The quantitative estimate of drug-likeness (QED) is 0.780. The van der Waals surface area contributed by atoms with Crippen molar-refractivity contribution in [1.82, 2.24) is 0 Å². The fourth-order valence-corrected chi connectivity index (χ4v) is 3.69. The van der Waals surface area contributed by atoms with Crippen LogP contribution in [0.1, 0.15) is 26.7 Å². The van der Waals surface area contributed by atoms with Crippen molar-refractivity contribution in [2.75, 3.05) is 6.79 Å². The molecule has 0 spiro atoms. The van der Waals surface area contributed by atoms with Gasteiger partial charge in [-0.1, -0.05) is 6.08 Å². The molecule has 22 heavy (non-hydrogen) atoms. The largest absolute Gasteiger partial charge is 0.469 e. The summed E-state index contributed by atoms with van der Waals surface area (Å²) in [6, 6.07) is 0. The predicted octanol–water partition coefficient (Wildman–Crippen LogP) is 1.04. The van der Waals surface area contributed by atoms with Gasteiger partial charge in [-0.2, -0.15) is 0 Å². The van der Waals surface area contributed by atoms with Crippen molar-refractivity contribution in [3.8, 4) is 0 Å². The highest BCUT2D eigenvalue weighted by atomic mass is 16.7. The number of carbonyl (C=O) groups is 1. The van der Waals surface area contributed by atoms with E-state index in [1.54, 1.807) is 13.8 Å². The molecule has 2 saturated heterocycles. The first-order chi connectivity index (χ1) is 10.4. The van der Waals surface area contributed by atoms with E-state index in [1.807, 2.05) is 6.08 Å². The van der Waals surface area contributed by atoms with Crippen LogP contribution in [0.2, 0.25) is 0 Å². The van der Waals surface area contributed by atoms with Crippen molar-refractivity contribution in [3.63, 3.8) is 0 Å². The van der Waals surface area contributed by atoms with Gasteiger partial charge in [0.15, 0.2) is 18.4 Å². The Morgan fingerprint density at radius 1 is 1.27 bits per heavy atom. The van der Waals surface area contributed by atoms with E-state index in [-0.39, 0.29) is 24.6 Å². The number of allylic oxidation sites excluding steroid dienone is 1. The summed E-state index contributed by atoms with van der Waals surface area (Å²) in [5, 5.41) is 10.3. The van der Waals surface area contributed by atoms with Gasteiger partial charge in [-0.25, -0.2) is 0 Å². The van der Waals surface area contributed by atoms with Crippen LogP contribution < -0.4 is 0 Å². The minimum atomic E-state index is -0.874. The third kappa shape index (κ3) is 2.22. The monoisotopic (exact) mass is 308 g/mol. The minimum Gasteiger partial charge on any atom is -0.469 e. The summed E-state index contributed by atoms with van der Waals surface area (Å²) in [4.78, 5) is 12.5. The Balaban J connectivity index is 1.64. The number of hydrogen-bond donors (Lipinski definition) is 1. The number of aliphatic hydroxyl groups is 1. The van der Waals surface area contributed by atoms with E-state index in [9.17, 15) is 9.90 Å². The standard InChI is InChI=1S/C16H20O6/c1-16(2)21-14-9(6-10(17)15(22-16)13(14)18)8-3-4-11-12(5-8)20-7-19-11/h3,5,9-11,14-15,17H,4,6-7H2,1-2H3/t9?,10-,11?,14+,15-/m0/s1. The number of aliphatic hydroxyl groups excluding tert-OH is 1. The van der Waals surface area contributed by atoms with Crippen LogP contribution in [0, 0.1) is 5.92 Å². The molecule has 2 heterocycles. The lowest BCUT2D eigenvalue weighted by atomic mass is 9.75. The Kier molecular flexibility index (Phi) is 3.20. The Labute approximate surface area is 128 Å². The first-order valence-corrected chi connectivity index (χ1v) is 7.68. The zero-order chi connectivity index (χ0) is 15.5. The van der Waals surface area contributed by atoms with Gasteiger partial charge in [0, 0.05) is 5.92 Å². The maximum absolute atomic E-state index is 12.5. The fourth-order valence-electron chi connectivity index (χ4n) is 3.69. The zero-order valence-corrected chi connectivity index (χ0v) is 12.7. The second-order valence-electron chi connectivity index (χ2n) is 6.69. The van der Waals surface area contributed by atoms with Crippen LogP contribution in [0.25, 0.3) is 0 Å². The highest BCUT2D eigenvalue weighted by Gasteiger charge is 2.53. The summed E-state index contributed by atoms with van der Waals surface area (Å²) < 4.78 is 22.3. The summed E-state index contributed by atoms with van der Waals surface area (Å²) in [6.07, 6.45) is 2.94. The molecule has 2 aliphatic heterocycles. The molecule has 6 heteroatoms. The van der Waals surface area contributed by atoms with Gasteiger partial charge in [0.1, 0.15) is 24.1 Å². The van der Waals surface area contributed by atoms with Crippen molar-refractivity contribution < 1.29 is 28.8 Å². The zero-order valence-electron chi connectivity index (χ0n) is 12.7. The van der Waals surface area contributed by atoms with Crippen molar-refractivity contribution in [2.24, 2.45) is 5.92 Å². The van der Waals surface area contributed by atoms with Gasteiger partial charge in [-0.05, 0) is 38.3 Å². The number of hydrogen-bond acceptors (Lipinski definition) is 6. The van der Waals surface area contributed by atoms with Gasteiger partial charge in [0.25, 0.3) is 0 Å². The minimum absolute atomic E-state index is 0.0206. The molecule has 4 aliphatic rings. The summed E-state index contributed by atoms with van der Waals surface area (Å²) >= 11 is 0. The molecule has 3 fully saturated rings. The third-order valence-corrected chi connectivity index (χ3v) is 4.71. The molecule has 0 radical (unpaired) electrons. The second kappa shape index (κ2) is 4.89. The van der Waals surface area contributed by atoms with Crippen LogP contribution >= 0.6 is 0 Å². The van der Waals surface area contributed by atoms with E-state index in [0.717, 1.165) is 17.8 Å². The summed E-state index contributed by atoms with van der Waals surface area (Å²) in [6.45, 7) is 3.81. The molecule has 1 N–H and O–H groups in total. The van der Waals surface area contributed by atoms with Crippen LogP contribution in [0.5, 0.6) is 0 Å². The van der Waals surface area contributed by atoms with E-state index in [4.69, 9.17) is 18.9 Å². The van der Waals surface area contributed by atoms with E-state index >= 15 is 0 Å². The molecule has 120 valence electrons. The molecule has 0 aromatic carbocycles. The molecule has 5 atom stereocenters. The highest BCUT2D eigenvalue weighted by Crippen LogP contribution is 2.42. The second-order valence-corrected chi connectivity index (χ2v) is 6.69. The molecule has 0 aromatic heterocycles. The first-order valence-electron chi connectivity index (χ1n) is 7.68. The smallest absolute Gasteiger partial charge is 0.193 e. The number of fused-ring (bicyclic) bond motifs is 3. The molecule has 2 aliphatic carbocycles. The number of ketones is 1. The lowest BCUT2D eigenvalue weighted by molar-refractivity contribution is -0.308. The lowest BCUT2D eigenvalue weighted by Crippen LogP contribution is -2.62. The van der Waals surface area contributed by atoms with E-state index in [1.165, 1.54) is 0 Å². The normalized spacial score (nSPS) is 43.0. The highest BCUT2D eigenvalue weighted by molar-refractivity contribution is 5.90. The average Bonchev–Trinajstić information content (AvgIpc) is 2.92. The molecule has 1 saturated carbocycles. The van der Waals surface area contributed by atoms with Crippen LogP contribution in [0.3, 0.4) is 0 Å². The van der Waals surface area contributed by atoms with Crippen LogP contribution in [0.15, 0.2) is 23.5 Å². The van der Waals surface area contributed by atoms with Crippen LogP contribution in [-0.2, 0) is 23.7 Å². The van der Waals surface area contributed by atoms with Crippen LogP contribution in [0.4, 0.5) is 0 Å². The number of Topliss-reactive ketones (excluding diaryl/α,β-unsaturated/α-hetero) is 1. The van der Waals surface area contributed by atoms with Gasteiger partial charge >= 0.3 is 0 Å². The molecular weight excluding hydrogens is 288 g/mol. The Hall–Kier alpha value is -1.21. The Morgan fingerprint density at radius 2 is 2.05 bits per heavy atom. The topological polar surface area (TPSA) is 74.2 Å². The molecule has 2 unspecified atom stereocenters. The van der Waals surface area contributed by atoms with Crippen molar-refractivity contribution in [1.29, 1.82) is 0 Å². The summed E-state index contributed by atoms with van der Waals surface area (Å²) in [5.74, 6) is -0.429. The van der Waals surface area contributed by atoms with Gasteiger partial charge < -0.3 is 24.1 Å². The maximum Gasteiger partial charge on any atom is 0.193 e. The molecule has 0 aromatic rings. The fraction of sp³-hybridized carbons (Fsp3) is 0.688. The van der Waals surface area contributed by atoms with Crippen LogP contribution in [-0.4, -0.2) is 47.9 Å². The molecule has 6 nitrogen and oxygen atoms in total. The van der Waals surface area contributed by atoms with Gasteiger partial charge in [-0.3, -0.25) is 4.79 Å². The van der Waals surface area contributed by atoms with Crippen molar-refractivity contribution in [2.45, 2.75) is 56.9 Å². The lowest BCUT2D eigenvalue weighted by Gasteiger charge is -2.48. The number of ether oxygens (including phenoxy) is 4. The molecular formula is C16H20O6. The van der Waals surface area contributed by atoms with Crippen molar-refractivity contribution >= 4 is 5.78 Å². The van der Waals surface area contributed by atoms with E-state index in [0.29, 0.717) is 6.42 Å². The molecule has 4 rings (SSSR count). The Morgan fingerprint density at radius 3 is 2.86 bits per heavy atom. The predicted molar refractivity (Wildman–Crippen MR) is 74.6 cm³/mol. The summed E-state index contributed by atoms with van der Waals surface area (Å²) in [7, 11) is 0. The Bertz CT molecular complexity index is 563. The average molecular weight is 308 g/mol. The van der Waals surface area contributed by atoms with Gasteiger partial charge in [-0.15, -0.1) is 0 Å². The van der Waals surface area contributed by atoms with Gasteiger partial charge in [0.2, 0.25) is 0 Å². The number of rotatable bonds is 1. The SMILES string of the molecule is CC1(C)O[C@@H]2C(=O)[C@H](O1)C(C1=CCC3OCOC3=C1)C[C@@H]2O. The third-order valence-electron chi connectivity index (χ3n) is 4.71. The first kappa shape index (κ1) is 14.4. The van der Waals surface area contributed by atoms with E-state index < -0.39 is 24.1 Å².